The van der Waals surface area contributed by atoms with E-state index in [1.165, 1.54) is 12.1 Å². The molecule has 1 fully saturated rings. The van der Waals surface area contributed by atoms with Crippen molar-refractivity contribution in [1.29, 1.82) is 0 Å². The molecular weight excluding hydrogens is 340 g/mol. The third kappa shape index (κ3) is 4.29. The standard InChI is InChI=1S/C18H22N2O4S/c1-13(2)19-25(22,23)17-9-5-14(6-10-17)18(21)20(15-7-8-15)12-16-4-3-11-24-16/h3-6,9-11,13,15,19H,7-8,12H2,1-2H3. The van der Waals surface area contributed by atoms with Crippen molar-refractivity contribution < 1.29 is 17.6 Å². The molecule has 1 amide bonds. The minimum absolute atomic E-state index is 0.111. The molecule has 1 aromatic heterocycles. The smallest absolute Gasteiger partial charge is 0.254 e. The van der Waals surface area contributed by atoms with Crippen LogP contribution in [-0.2, 0) is 16.6 Å². The summed E-state index contributed by atoms with van der Waals surface area (Å²) in [5, 5.41) is 0. The average Bonchev–Trinajstić information content (AvgIpc) is 3.27. The van der Waals surface area contributed by atoms with E-state index in [1.54, 1.807) is 43.2 Å². The van der Waals surface area contributed by atoms with Crippen LogP contribution in [0.2, 0.25) is 0 Å². The molecule has 1 heterocycles. The number of carbonyl (C=O) groups is 1. The van der Waals surface area contributed by atoms with Crippen molar-refractivity contribution in [3.63, 3.8) is 0 Å². The Balaban J connectivity index is 1.77. The molecule has 134 valence electrons. The van der Waals surface area contributed by atoms with Crippen LogP contribution in [0.4, 0.5) is 0 Å². The van der Waals surface area contributed by atoms with Gasteiger partial charge in [-0.3, -0.25) is 4.79 Å². The lowest BCUT2D eigenvalue weighted by Crippen LogP contribution is -2.32. The highest BCUT2D eigenvalue weighted by Gasteiger charge is 2.33. The summed E-state index contributed by atoms with van der Waals surface area (Å²) in [5.41, 5.74) is 0.474. The van der Waals surface area contributed by atoms with Crippen molar-refractivity contribution in [1.82, 2.24) is 9.62 Å². The number of nitrogens with zero attached hydrogens (tertiary/aromatic N) is 1. The zero-order valence-corrected chi connectivity index (χ0v) is 15.1. The van der Waals surface area contributed by atoms with Crippen LogP contribution in [-0.4, -0.2) is 31.3 Å². The Labute approximate surface area is 147 Å². The Morgan fingerprint density at radius 1 is 1.24 bits per heavy atom. The minimum Gasteiger partial charge on any atom is -0.467 e. The maximum absolute atomic E-state index is 12.8. The molecule has 2 aromatic rings. The Morgan fingerprint density at radius 2 is 1.92 bits per heavy atom. The molecule has 1 aliphatic rings. The lowest BCUT2D eigenvalue weighted by molar-refractivity contribution is 0.0717. The monoisotopic (exact) mass is 362 g/mol. The second-order valence-corrected chi connectivity index (χ2v) is 8.26. The van der Waals surface area contributed by atoms with Crippen molar-refractivity contribution in [2.24, 2.45) is 0 Å². The molecule has 3 rings (SSSR count). The lowest BCUT2D eigenvalue weighted by atomic mass is 10.2. The number of hydrogen-bond acceptors (Lipinski definition) is 4. The first-order chi connectivity index (χ1) is 11.9. The number of amides is 1. The highest BCUT2D eigenvalue weighted by molar-refractivity contribution is 7.89. The number of carbonyl (C=O) groups excluding carboxylic acids is 1. The number of nitrogens with one attached hydrogen (secondary N) is 1. The van der Waals surface area contributed by atoms with Crippen molar-refractivity contribution in [2.75, 3.05) is 0 Å². The maximum atomic E-state index is 12.8. The number of benzene rings is 1. The molecule has 0 bridgehead atoms. The molecule has 0 saturated heterocycles. The van der Waals surface area contributed by atoms with Gasteiger partial charge in [0.25, 0.3) is 5.91 Å². The van der Waals surface area contributed by atoms with Gasteiger partial charge in [-0.05, 0) is 63.1 Å². The largest absolute Gasteiger partial charge is 0.467 e. The van der Waals surface area contributed by atoms with E-state index >= 15 is 0 Å². The van der Waals surface area contributed by atoms with Gasteiger partial charge in [-0.2, -0.15) is 0 Å². The van der Waals surface area contributed by atoms with E-state index in [-0.39, 0.29) is 22.9 Å². The average molecular weight is 362 g/mol. The summed E-state index contributed by atoms with van der Waals surface area (Å²) in [7, 11) is -3.56. The zero-order chi connectivity index (χ0) is 18.0. The van der Waals surface area contributed by atoms with Gasteiger partial charge in [0.1, 0.15) is 5.76 Å². The van der Waals surface area contributed by atoms with Gasteiger partial charge in [0.05, 0.1) is 17.7 Å². The highest BCUT2D eigenvalue weighted by Crippen LogP contribution is 2.30. The number of rotatable bonds is 7. The van der Waals surface area contributed by atoms with Crippen molar-refractivity contribution >= 4 is 15.9 Å². The highest BCUT2D eigenvalue weighted by atomic mass is 32.2. The fourth-order valence-corrected chi connectivity index (χ4v) is 3.90. The third-order valence-electron chi connectivity index (χ3n) is 3.96. The molecule has 25 heavy (non-hydrogen) atoms. The van der Waals surface area contributed by atoms with Gasteiger partial charge in [0, 0.05) is 17.6 Å². The van der Waals surface area contributed by atoms with Crippen molar-refractivity contribution in [3.05, 3.63) is 54.0 Å². The zero-order valence-electron chi connectivity index (χ0n) is 14.3. The predicted molar refractivity (Wildman–Crippen MR) is 93.5 cm³/mol. The second-order valence-electron chi connectivity index (χ2n) is 6.54. The molecular formula is C18H22N2O4S. The SMILES string of the molecule is CC(C)NS(=O)(=O)c1ccc(C(=O)N(Cc2ccco2)C2CC2)cc1. The molecule has 1 aliphatic carbocycles. The summed E-state index contributed by atoms with van der Waals surface area (Å²) in [6, 6.07) is 9.74. The van der Waals surface area contributed by atoms with E-state index in [0.717, 1.165) is 18.6 Å². The van der Waals surface area contributed by atoms with Gasteiger partial charge >= 0.3 is 0 Å². The topological polar surface area (TPSA) is 79.6 Å². The molecule has 1 saturated carbocycles. The van der Waals surface area contributed by atoms with Gasteiger partial charge in [0.15, 0.2) is 0 Å². The molecule has 1 N–H and O–H groups in total. The van der Waals surface area contributed by atoms with E-state index in [1.807, 2.05) is 6.07 Å². The Kier molecular flexibility index (Phi) is 4.96. The summed E-state index contributed by atoms with van der Waals surface area (Å²) >= 11 is 0. The number of sulfonamides is 1. The summed E-state index contributed by atoms with van der Waals surface area (Å²) in [4.78, 5) is 14.8. The normalized spacial score (nSPS) is 14.7. The number of hydrogen-bond donors (Lipinski definition) is 1. The Morgan fingerprint density at radius 3 is 2.44 bits per heavy atom. The summed E-state index contributed by atoms with van der Waals surface area (Å²) in [5.74, 6) is 0.625. The van der Waals surface area contributed by atoms with E-state index in [4.69, 9.17) is 4.42 Å². The molecule has 0 unspecified atom stereocenters. The van der Waals surface area contributed by atoms with Crippen LogP contribution in [0.1, 0.15) is 42.8 Å². The first kappa shape index (κ1) is 17.7. The molecule has 0 spiro atoms. The van der Waals surface area contributed by atoms with Gasteiger partial charge in [0.2, 0.25) is 10.0 Å². The molecule has 0 atom stereocenters. The maximum Gasteiger partial charge on any atom is 0.254 e. The first-order valence-electron chi connectivity index (χ1n) is 8.32. The lowest BCUT2D eigenvalue weighted by Gasteiger charge is -2.21. The number of furan rings is 1. The third-order valence-corrected chi connectivity index (χ3v) is 5.63. The molecule has 0 radical (unpaired) electrons. The molecule has 6 nitrogen and oxygen atoms in total. The predicted octanol–water partition coefficient (Wildman–Crippen LogP) is 2.77. The summed E-state index contributed by atoms with van der Waals surface area (Å²) in [6.45, 7) is 3.95. The van der Waals surface area contributed by atoms with Gasteiger partial charge in [-0.1, -0.05) is 0 Å². The van der Waals surface area contributed by atoms with Crippen LogP contribution in [0.15, 0.2) is 52.0 Å². The fourth-order valence-electron chi connectivity index (χ4n) is 2.64. The van der Waals surface area contributed by atoms with E-state index in [9.17, 15) is 13.2 Å². The summed E-state index contributed by atoms with van der Waals surface area (Å²) < 4.78 is 32.2. The van der Waals surface area contributed by atoms with Crippen LogP contribution in [0, 0.1) is 0 Å². The van der Waals surface area contributed by atoms with Gasteiger partial charge in [-0.15, -0.1) is 0 Å². The second kappa shape index (κ2) is 7.01. The summed E-state index contributed by atoms with van der Waals surface area (Å²) in [6.07, 6.45) is 3.56. The fraction of sp³-hybridized carbons (Fsp3) is 0.389. The Hall–Kier alpha value is -2.12. The van der Waals surface area contributed by atoms with Crippen LogP contribution in [0.5, 0.6) is 0 Å². The van der Waals surface area contributed by atoms with Gasteiger partial charge < -0.3 is 9.32 Å². The quantitative estimate of drug-likeness (QED) is 0.821. The molecule has 0 aliphatic heterocycles. The van der Waals surface area contributed by atoms with Crippen molar-refractivity contribution in [3.8, 4) is 0 Å². The molecule has 7 heteroatoms. The molecule has 1 aromatic carbocycles. The van der Waals surface area contributed by atoms with E-state index in [0.29, 0.717) is 12.1 Å². The van der Waals surface area contributed by atoms with Crippen LogP contribution in [0.25, 0.3) is 0 Å². The van der Waals surface area contributed by atoms with Crippen LogP contribution in [0.3, 0.4) is 0 Å². The van der Waals surface area contributed by atoms with Crippen LogP contribution >= 0.6 is 0 Å². The van der Waals surface area contributed by atoms with E-state index in [2.05, 4.69) is 4.72 Å². The minimum atomic E-state index is -3.56. The van der Waals surface area contributed by atoms with Crippen LogP contribution < -0.4 is 4.72 Å². The first-order valence-corrected chi connectivity index (χ1v) is 9.81. The van der Waals surface area contributed by atoms with Crippen molar-refractivity contribution in [2.45, 2.75) is 50.2 Å². The van der Waals surface area contributed by atoms with E-state index < -0.39 is 10.0 Å². The Bertz CT molecular complexity index is 822. The van der Waals surface area contributed by atoms with Gasteiger partial charge in [-0.25, -0.2) is 13.1 Å².